The first kappa shape index (κ1) is 18.0. The lowest BCUT2D eigenvalue weighted by Gasteiger charge is -2.50. The molecule has 0 bridgehead atoms. The quantitative estimate of drug-likeness (QED) is 0.711. The third-order valence-corrected chi connectivity index (χ3v) is 6.41. The number of methoxy groups -OCH3 is 1. The summed E-state index contributed by atoms with van der Waals surface area (Å²) in [6, 6.07) is 17.0. The van der Waals surface area contributed by atoms with Gasteiger partial charge < -0.3 is 9.47 Å². The molecular formula is C22H26BrNO2. The Kier molecular flexibility index (Phi) is 5.35. The fourth-order valence-electron chi connectivity index (χ4n) is 4.47. The average Bonchev–Trinajstić information content (AvgIpc) is 2.69. The Morgan fingerprint density at radius 2 is 1.62 bits per heavy atom. The number of ether oxygens (including phenoxy) is 2. The molecule has 2 aromatic carbocycles. The van der Waals surface area contributed by atoms with Crippen LogP contribution < -0.4 is 10.1 Å². The summed E-state index contributed by atoms with van der Waals surface area (Å²) in [6.07, 6.45) is 6.06. The predicted octanol–water partition coefficient (Wildman–Crippen LogP) is 5.56. The number of nitrogens with one attached hydrogen (secondary N) is 1. The maximum atomic E-state index is 6.81. The van der Waals surface area contributed by atoms with Gasteiger partial charge in [-0.15, -0.1) is 0 Å². The molecule has 2 aromatic rings. The second-order valence-electron chi connectivity index (χ2n) is 7.41. The van der Waals surface area contributed by atoms with Gasteiger partial charge in [0.05, 0.1) is 12.7 Å². The van der Waals surface area contributed by atoms with Crippen molar-refractivity contribution >= 4 is 15.9 Å². The number of hydrogen-bond donors (Lipinski definition) is 1. The monoisotopic (exact) mass is 415 g/mol. The molecule has 1 heterocycles. The number of rotatable bonds is 3. The SMILES string of the molecule is COc1ccc(C2CNC(c3ccc(Br)cc3)OC23CCCCC3)cc1. The van der Waals surface area contributed by atoms with Gasteiger partial charge in [-0.05, 0) is 48.2 Å². The maximum Gasteiger partial charge on any atom is 0.135 e. The van der Waals surface area contributed by atoms with Crippen LogP contribution in [-0.2, 0) is 4.74 Å². The molecule has 2 atom stereocenters. The van der Waals surface area contributed by atoms with Gasteiger partial charge in [0.15, 0.2) is 0 Å². The summed E-state index contributed by atoms with van der Waals surface area (Å²) in [5, 5.41) is 3.63. The molecule has 0 amide bonds. The summed E-state index contributed by atoms with van der Waals surface area (Å²) < 4.78 is 13.2. The standard InChI is InChI=1S/C22H26BrNO2/c1-25-19-11-7-16(8-12-19)20-15-24-21(17-5-9-18(23)10-6-17)26-22(20)13-3-2-4-14-22/h5-12,20-21,24H,2-4,13-15H2,1H3. The first-order chi connectivity index (χ1) is 12.7. The van der Waals surface area contributed by atoms with Crippen LogP contribution in [-0.4, -0.2) is 19.3 Å². The van der Waals surface area contributed by atoms with Crippen molar-refractivity contribution in [3.63, 3.8) is 0 Å². The molecule has 1 aliphatic heterocycles. The van der Waals surface area contributed by atoms with Gasteiger partial charge in [-0.1, -0.05) is 59.5 Å². The van der Waals surface area contributed by atoms with Crippen molar-refractivity contribution in [2.75, 3.05) is 13.7 Å². The van der Waals surface area contributed by atoms with Crippen LogP contribution in [0.4, 0.5) is 0 Å². The van der Waals surface area contributed by atoms with Crippen LogP contribution in [0.3, 0.4) is 0 Å². The van der Waals surface area contributed by atoms with E-state index in [1.54, 1.807) is 7.11 Å². The van der Waals surface area contributed by atoms with E-state index in [4.69, 9.17) is 9.47 Å². The minimum absolute atomic E-state index is 0.0318. The van der Waals surface area contributed by atoms with Gasteiger partial charge in [-0.3, -0.25) is 5.32 Å². The van der Waals surface area contributed by atoms with Crippen molar-refractivity contribution in [3.05, 3.63) is 64.1 Å². The van der Waals surface area contributed by atoms with Crippen LogP contribution in [0.2, 0.25) is 0 Å². The molecule has 1 N–H and O–H groups in total. The second-order valence-corrected chi connectivity index (χ2v) is 8.32. The molecule has 3 nitrogen and oxygen atoms in total. The molecule has 2 fully saturated rings. The molecule has 2 aliphatic rings. The highest BCUT2D eigenvalue weighted by Gasteiger charge is 2.46. The molecule has 4 rings (SSSR count). The smallest absolute Gasteiger partial charge is 0.135 e. The summed E-state index contributed by atoms with van der Waals surface area (Å²) in [6.45, 7) is 0.938. The molecule has 1 saturated carbocycles. The van der Waals surface area contributed by atoms with E-state index in [-0.39, 0.29) is 11.8 Å². The van der Waals surface area contributed by atoms with Crippen LogP contribution in [0.25, 0.3) is 0 Å². The zero-order valence-corrected chi connectivity index (χ0v) is 16.8. The van der Waals surface area contributed by atoms with E-state index < -0.39 is 0 Å². The van der Waals surface area contributed by atoms with E-state index in [0.29, 0.717) is 5.92 Å². The van der Waals surface area contributed by atoms with Gasteiger partial charge in [-0.25, -0.2) is 0 Å². The first-order valence-corrected chi connectivity index (χ1v) is 10.3. The van der Waals surface area contributed by atoms with E-state index in [0.717, 1.165) is 29.6 Å². The van der Waals surface area contributed by atoms with Crippen LogP contribution >= 0.6 is 15.9 Å². The van der Waals surface area contributed by atoms with Gasteiger partial charge in [0.25, 0.3) is 0 Å². The van der Waals surface area contributed by atoms with E-state index >= 15 is 0 Å². The van der Waals surface area contributed by atoms with Crippen LogP contribution in [0.15, 0.2) is 53.0 Å². The summed E-state index contributed by atoms with van der Waals surface area (Å²) in [5.74, 6) is 1.28. The van der Waals surface area contributed by atoms with Gasteiger partial charge in [-0.2, -0.15) is 0 Å². The average molecular weight is 416 g/mol. The molecule has 1 saturated heterocycles. The Hall–Kier alpha value is -1.36. The van der Waals surface area contributed by atoms with Crippen LogP contribution in [0, 0.1) is 0 Å². The Bertz CT molecular complexity index is 723. The molecular weight excluding hydrogens is 390 g/mol. The van der Waals surface area contributed by atoms with E-state index in [9.17, 15) is 0 Å². The molecule has 2 unspecified atom stereocenters. The molecule has 0 aromatic heterocycles. The van der Waals surface area contributed by atoms with Crippen molar-refractivity contribution < 1.29 is 9.47 Å². The minimum atomic E-state index is -0.0736. The zero-order chi connectivity index (χ0) is 18.0. The van der Waals surface area contributed by atoms with Gasteiger partial charge in [0.2, 0.25) is 0 Å². The summed E-state index contributed by atoms with van der Waals surface area (Å²) in [7, 11) is 1.71. The Balaban J connectivity index is 1.62. The number of hydrogen-bond acceptors (Lipinski definition) is 3. The lowest BCUT2D eigenvalue weighted by atomic mass is 9.71. The number of halogens is 1. The number of benzene rings is 2. The van der Waals surface area contributed by atoms with Crippen molar-refractivity contribution in [1.29, 1.82) is 0 Å². The Labute approximate surface area is 164 Å². The van der Waals surface area contributed by atoms with Crippen LogP contribution in [0.5, 0.6) is 5.75 Å². The maximum absolute atomic E-state index is 6.81. The van der Waals surface area contributed by atoms with Crippen molar-refractivity contribution in [2.45, 2.75) is 49.9 Å². The lowest BCUT2D eigenvalue weighted by molar-refractivity contribution is -0.168. The Morgan fingerprint density at radius 3 is 2.27 bits per heavy atom. The van der Waals surface area contributed by atoms with Crippen LogP contribution in [0.1, 0.15) is 55.4 Å². The highest BCUT2D eigenvalue weighted by atomic mass is 79.9. The normalized spacial score (nSPS) is 25.2. The fraction of sp³-hybridized carbons (Fsp3) is 0.455. The topological polar surface area (TPSA) is 30.5 Å². The van der Waals surface area contributed by atoms with E-state index in [2.05, 4.69) is 69.8 Å². The highest BCUT2D eigenvalue weighted by Crippen LogP contribution is 2.47. The molecule has 0 radical (unpaired) electrons. The van der Waals surface area contributed by atoms with Crippen molar-refractivity contribution in [3.8, 4) is 5.75 Å². The molecule has 1 spiro atoms. The lowest BCUT2D eigenvalue weighted by Crippen LogP contribution is -2.53. The molecule has 1 aliphatic carbocycles. The third-order valence-electron chi connectivity index (χ3n) is 5.89. The minimum Gasteiger partial charge on any atom is -0.497 e. The zero-order valence-electron chi connectivity index (χ0n) is 15.2. The molecule has 4 heteroatoms. The second kappa shape index (κ2) is 7.71. The van der Waals surface area contributed by atoms with Gasteiger partial charge >= 0.3 is 0 Å². The van der Waals surface area contributed by atoms with Crippen molar-refractivity contribution in [2.24, 2.45) is 0 Å². The molecule has 138 valence electrons. The first-order valence-electron chi connectivity index (χ1n) is 9.51. The van der Waals surface area contributed by atoms with E-state index in [1.165, 1.54) is 30.4 Å². The molecule has 26 heavy (non-hydrogen) atoms. The van der Waals surface area contributed by atoms with Gasteiger partial charge in [0.1, 0.15) is 12.0 Å². The van der Waals surface area contributed by atoms with Gasteiger partial charge in [0, 0.05) is 16.9 Å². The van der Waals surface area contributed by atoms with E-state index in [1.807, 2.05) is 0 Å². The summed E-state index contributed by atoms with van der Waals surface area (Å²) in [5.41, 5.74) is 2.47. The fourth-order valence-corrected chi connectivity index (χ4v) is 4.73. The largest absolute Gasteiger partial charge is 0.497 e. The summed E-state index contributed by atoms with van der Waals surface area (Å²) >= 11 is 3.52. The highest BCUT2D eigenvalue weighted by molar-refractivity contribution is 9.10. The van der Waals surface area contributed by atoms with Crippen molar-refractivity contribution in [1.82, 2.24) is 5.32 Å². The third kappa shape index (κ3) is 3.55. The predicted molar refractivity (Wildman–Crippen MR) is 108 cm³/mol. The Morgan fingerprint density at radius 1 is 0.962 bits per heavy atom. The summed E-state index contributed by atoms with van der Waals surface area (Å²) in [4.78, 5) is 0.